The zero-order chi connectivity index (χ0) is 22.4. The second-order valence-electron chi connectivity index (χ2n) is 8.94. The van der Waals surface area contributed by atoms with Gasteiger partial charge in [0.25, 0.3) is 0 Å². The molecule has 1 aromatic heterocycles. The van der Waals surface area contributed by atoms with Gasteiger partial charge in [-0.15, -0.1) is 0 Å². The minimum atomic E-state index is -0.380. The van der Waals surface area contributed by atoms with E-state index >= 15 is 0 Å². The fourth-order valence-corrected chi connectivity index (χ4v) is 3.67. The van der Waals surface area contributed by atoms with Crippen LogP contribution in [0.15, 0.2) is 60.7 Å². The number of aliphatic hydroxyl groups is 1. The molecule has 0 saturated carbocycles. The van der Waals surface area contributed by atoms with Crippen molar-refractivity contribution in [1.82, 2.24) is 14.7 Å². The van der Waals surface area contributed by atoms with Gasteiger partial charge in [0, 0.05) is 32.2 Å². The van der Waals surface area contributed by atoms with Crippen molar-refractivity contribution in [2.24, 2.45) is 18.9 Å². The Morgan fingerprint density at radius 1 is 0.935 bits per heavy atom. The summed E-state index contributed by atoms with van der Waals surface area (Å²) in [4.78, 5) is 2.32. The van der Waals surface area contributed by atoms with Crippen LogP contribution in [0.5, 0.6) is 11.6 Å². The minimum absolute atomic E-state index is 0.206. The Hall–Kier alpha value is -2.63. The first-order valence-electron chi connectivity index (χ1n) is 11.1. The average Bonchev–Trinajstić information content (AvgIpc) is 3.04. The predicted octanol–water partition coefficient (Wildman–Crippen LogP) is 5.35. The molecular weight excluding hydrogens is 386 g/mol. The van der Waals surface area contributed by atoms with Crippen LogP contribution in [0.1, 0.15) is 33.3 Å². The highest BCUT2D eigenvalue weighted by Gasteiger charge is 2.24. The van der Waals surface area contributed by atoms with Gasteiger partial charge in [0.2, 0.25) is 5.88 Å². The van der Waals surface area contributed by atoms with Crippen molar-refractivity contribution >= 4 is 0 Å². The standard InChI is InChI=1S/C26H35N3O2/c1-19(2)16-29(18-24(30)20(3)4)17-23-25(21-12-8-6-9-13-21)27-28(5)26(23)31-22-14-10-7-11-15-22/h6-15,19-20,24,30H,16-18H2,1-5H3. The van der Waals surface area contributed by atoms with Gasteiger partial charge in [-0.1, -0.05) is 76.2 Å². The van der Waals surface area contributed by atoms with E-state index in [0.29, 0.717) is 19.0 Å². The van der Waals surface area contributed by atoms with Crippen LogP contribution in [0.3, 0.4) is 0 Å². The zero-order valence-corrected chi connectivity index (χ0v) is 19.3. The lowest BCUT2D eigenvalue weighted by molar-refractivity contribution is 0.0680. The predicted molar refractivity (Wildman–Crippen MR) is 126 cm³/mol. The third kappa shape index (κ3) is 6.18. The van der Waals surface area contributed by atoms with Crippen molar-refractivity contribution < 1.29 is 9.84 Å². The molecule has 31 heavy (non-hydrogen) atoms. The molecule has 3 aromatic rings. The van der Waals surface area contributed by atoms with E-state index in [0.717, 1.165) is 35.0 Å². The van der Waals surface area contributed by atoms with E-state index in [4.69, 9.17) is 9.84 Å². The second-order valence-corrected chi connectivity index (χ2v) is 8.94. The molecule has 5 heteroatoms. The van der Waals surface area contributed by atoms with Gasteiger partial charge in [-0.05, 0) is 24.0 Å². The Morgan fingerprint density at radius 2 is 1.55 bits per heavy atom. The maximum atomic E-state index is 10.6. The quantitative estimate of drug-likeness (QED) is 0.479. The summed E-state index contributed by atoms with van der Waals surface area (Å²) in [7, 11) is 1.92. The van der Waals surface area contributed by atoms with E-state index in [-0.39, 0.29) is 12.0 Å². The van der Waals surface area contributed by atoms with Crippen molar-refractivity contribution in [1.29, 1.82) is 0 Å². The molecule has 2 aromatic carbocycles. The lowest BCUT2D eigenvalue weighted by Gasteiger charge is -2.28. The third-order valence-corrected chi connectivity index (χ3v) is 5.31. The van der Waals surface area contributed by atoms with Crippen LogP contribution in [0.4, 0.5) is 0 Å². The van der Waals surface area contributed by atoms with Gasteiger partial charge in [0.1, 0.15) is 11.4 Å². The van der Waals surface area contributed by atoms with Crippen LogP contribution < -0.4 is 4.74 Å². The lowest BCUT2D eigenvalue weighted by atomic mass is 10.0. The molecule has 0 aliphatic carbocycles. The largest absolute Gasteiger partial charge is 0.439 e. The summed E-state index contributed by atoms with van der Waals surface area (Å²) < 4.78 is 8.13. The maximum absolute atomic E-state index is 10.6. The smallest absolute Gasteiger partial charge is 0.222 e. The van der Waals surface area contributed by atoms with Gasteiger partial charge in [-0.25, -0.2) is 4.68 Å². The summed E-state index contributed by atoms with van der Waals surface area (Å²) in [5.74, 6) is 2.20. The normalized spacial score (nSPS) is 12.7. The van der Waals surface area contributed by atoms with Gasteiger partial charge < -0.3 is 9.84 Å². The van der Waals surface area contributed by atoms with Gasteiger partial charge in [-0.3, -0.25) is 4.90 Å². The van der Waals surface area contributed by atoms with Crippen molar-refractivity contribution in [2.45, 2.75) is 40.3 Å². The Kier molecular flexibility index (Phi) is 7.88. The topological polar surface area (TPSA) is 50.5 Å². The number of para-hydroxylation sites is 1. The van der Waals surface area contributed by atoms with E-state index in [1.54, 1.807) is 0 Å². The van der Waals surface area contributed by atoms with Crippen molar-refractivity contribution in [3.8, 4) is 22.9 Å². The van der Waals surface area contributed by atoms with Crippen LogP contribution in [0.2, 0.25) is 0 Å². The molecule has 3 rings (SSSR count). The molecule has 1 heterocycles. The summed E-state index contributed by atoms with van der Waals surface area (Å²) in [5, 5.41) is 15.4. The maximum Gasteiger partial charge on any atom is 0.222 e. The van der Waals surface area contributed by atoms with Crippen molar-refractivity contribution in [2.75, 3.05) is 13.1 Å². The van der Waals surface area contributed by atoms with Crippen molar-refractivity contribution in [3.05, 3.63) is 66.2 Å². The number of hydrogen-bond donors (Lipinski definition) is 1. The van der Waals surface area contributed by atoms with E-state index in [1.807, 2.05) is 60.3 Å². The van der Waals surface area contributed by atoms with Gasteiger partial charge in [-0.2, -0.15) is 5.10 Å². The van der Waals surface area contributed by atoms with E-state index in [1.165, 1.54) is 0 Å². The molecule has 0 fully saturated rings. The van der Waals surface area contributed by atoms with Crippen LogP contribution in [0.25, 0.3) is 11.3 Å². The number of aryl methyl sites for hydroxylation is 1. The number of ether oxygens (including phenoxy) is 1. The Morgan fingerprint density at radius 3 is 2.13 bits per heavy atom. The fourth-order valence-electron chi connectivity index (χ4n) is 3.67. The van der Waals surface area contributed by atoms with Crippen LogP contribution in [0, 0.1) is 11.8 Å². The summed E-state index contributed by atoms with van der Waals surface area (Å²) in [5.41, 5.74) is 3.01. The number of nitrogens with zero attached hydrogens (tertiary/aromatic N) is 3. The second kappa shape index (κ2) is 10.6. The molecule has 0 saturated heterocycles. The molecule has 0 bridgehead atoms. The highest BCUT2D eigenvalue weighted by molar-refractivity contribution is 5.65. The minimum Gasteiger partial charge on any atom is -0.439 e. The monoisotopic (exact) mass is 421 g/mol. The van der Waals surface area contributed by atoms with Gasteiger partial charge in [0.15, 0.2) is 0 Å². The molecule has 0 aliphatic heterocycles. The SMILES string of the molecule is CC(C)CN(Cc1c(-c2ccccc2)nn(C)c1Oc1ccccc1)CC(O)C(C)C. The molecule has 166 valence electrons. The van der Waals surface area contributed by atoms with Gasteiger partial charge in [0.05, 0.1) is 11.7 Å². The number of benzene rings is 2. The molecule has 1 atom stereocenters. The van der Waals surface area contributed by atoms with Gasteiger partial charge >= 0.3 is 0 Å². The number of hydrogen-bond acceptors (Lipinski definition) is 4. The fraction of sp³-hybridized carbons (Fsp3) is 0.423. The highest BCUT2D eigenvalue weighted by Crippen LogP contribution is 2.34. The summed E-state index contributed by atoms with van der Waals surface area (Å²) in [6, 6.07) is 20.0. The Labute approximate surface area is 186 Å². The Balaban J connectivity index is 2.01. The summed E-state index contributed by atoms with van der Waals surface area (Å²) in [6.07, 6.45) is -0.380. The summed E-state index contributed by atoms with van der Waals surface area (Å²) in [6.45, 7) is 10.7. The number of aliphatic hydroxyl groups excluding tert-OH is 1. The molecule has 0 spiro atoms. The van der Waals surface area contributed by atoms with Crippen LogP contribution in [-0.2, 0) is 13.6 Å². The van der Waals surface area contributed by atoms with Crippen molar-refractivity contribution in [3.63, 3.8) is 0 Å². The first-order valence-corrected chi connectivity index (χ1v) is 11.1. The summed E-state index contributed by atoms with van der Waals surface area (Å²) >= 11 is 0. The van der Waals surface area contributed by atoms with E-state index in [2.05, 4.69) is 44.7 Å². The molecular formula is C26H35N3O2. The average molecular weight is 422 g/mol. The lowest BCUT2D eigenvalue weighted by Crippen LogP contribution is -2.37. The highest BCUT2D eigenvalue weighted by atomic mass is 16.5. The van der Waals surface area contributed by atoms with E-state index < -0.39 is 0 Å². The first kappa shape index (κ1) is 23.0. The molecule has 0 radical (unpaired) electrons. The number of aromatic nitrogens is 2. The van der Waals surface area contributed by atoms with Crippen LogP contribution in [-0.4, -0.2) is 39.0 Å². The molecule has 5 nitrogen and oxygen atoms in total. The molecule has 1 N–H and O–H groups in total. The van der Waals surface area contributed by atoms with Crippen LogP contribution >= 0.6 is 0 Å². The Bertz CT molecular complexity index is 936. The molecule has 0 aliphatic rings. The van der Waals surface area contributed by atoms with E-state index in [9.17, 15) is 5.11 Å². The number of rotatable bonds is 10. The molecule has 0 amide bonds. The first-order chi connectivity index (χ1) is 14.8. The zero-order valence-electron chi connectivity index (χ0n) is 19.3. The molecule has 1 unspecified atom stereocenters. The third-order valence-electron chi connectivity index (χ3n) is 5.31.